The van der Waals surface area contributed by atoms with E-state index in [1.807, 2.05) is 12.1 Å². The Morgan fingerprint density at radius 3 is 2.53 bits per heavy atom. The van der Waals surface area contributed by atoms with Crippen LogP contribution >= 0.6 is 23.4 Å². The van der Waals surface area contributed by atoms with Gasteiger partial charge >= 0.3 is 0 Å². The highest BCUT2D eigenvalue weighted by Gasteiger charge is 2.19. The van der Waals surface area contributed by atoms with Crippen LogP contribution in [0.4, 0.5) is 0 Å². The van der Waals surface area contributed by atoms with Crippen molar-refractivity contribution in [1.82, 2.24) is 5.32 Å². The van der Waals surface area contributed by atoms with Crippen LogP contribution in [0, 0.1) is 5.92 Å². The monoisotopic (exact) mass is 269 g/mol. The van der Waals surface area contributed by atoms with Gasteiger partial charge in [-0.25, -0.2) is 0 Å². The van der Waals surface area contributed by atoms with Crippen LogP contribution in [-0.2, 0) is 0 Å². The Morgan fingerprint density at radius 2 is 1.94 bits per heavy atom. The maximum Gasteiger partial charge on any atom is 0.0406 e. The third kappa shape index (κ3) is 3.90. The Morgan fingerprint density at radius 1 is 1.29 bits per heavy atom. The van der Waals surface area contributed by atoms with Crippen LogP contribution in [0.25, 0.3) is 0 Å². The molecule has 1 atom stereocenters. The second-order valence-corrected chi connectivity index (χ2v) is 6.35. The van der Waals surface area contributed by atoms with Crippen LogP contribution in [0.2, 0.25) is 5.02 Å². The Balaban J connectivity index is 1.97. The molecule has 0 amide bonds. The molecule has 1 aliphatic heterocycles. The average Bonchev–Trinajstić information content (AvgIpc) is 2.38. The molecular formula is C14H20ClNS. The quantitative estimate of drug-likeness (QED) is 0.882. The molecule has 1 aromatic rings. The van der Waals surface area contributed by atoms with Crippen molar-refractivity contribution in [3.05, 3.63) is 34.9 Å². The first-order valence-electron chi connectivity index (χ1n) is 6.30. The van der Waals surface area contributed by atoms with Gasteiger partial charge in [-0.05, 0) is 61.4 Å². The Hall–Kier alpha value is -0.180. The summed E-state index contributed by atoms with van der Waals surface area (Å²) >= 11 is 8.02. The third-order valence-corrected chi connectivity index (χ3v) is 4.83. The molecule has 2 rings (SSSR count). The zero-order valence-corrected chi connectivity index (χ0v) is 11.9. The highest BCUT2D eigenvalue weighted by molar-refractivity contribution is 7.99. The van der Waals surface area contributed by atoms with Gasteiger partial charge in [-0.1, -0.05) is 23.7 Å². The van der Waals surface area contributed by atoms with E-state index < -0.39 is 0 Å². The fraction of sp³-hybridized carbons (Fsp3) is 0.571. The average molecular weight is 270 g/mol. The topological polar surface area (TPSA) is 12.0 Å². The van der Waals surface area contributed by atoms with Crippen molar-refractivity contribution >= 4 is 23.4 Å². The Labute approximate surface area is 113 Å². The van der Waals surface area contributed by atoms with Gasteiger partial charge in [0.25, 0.3) is 0 Å². The van der Waals surface area contributed by atoms with Crippen molar-refractivity contribution in [1.29, 1.82) is 0 Å². The predicted molar refractivity (Wildman–Crippen MR) is 77.9 cm³/mol. The van der Waals surface area contributed by atoms with E-state index in [0.717, 1.165) is 10.9 Å². The Kier molecular flexibility index (Phi) is 5.20. The van der Waals surface area contributed by atoms with E-state index in [4.69, 9.17) is 11.6 Å². The fourth-order valence-corrected chi connectivity index (χ4v) is 3.76. The summed E-state index contributed by atoms with van der Waals surface area (Å²) in [6, 6.07) is 8.72. The smallest absolute Gasteiger partial charge is 0.0406 e. The van der Waals surface area contributed by atoms with Crippen LogP contribution in [-0.4, -0.2) is 18.6 Å². The van der Waals surface area contributed by atoms with Crippen molar-refractivity contribution in [2.45, 2.75) is 25.3 Å². The minimum atomic E-state index is 0.473. The molecule has 0 bridgehead atoms. The number of nitrogens with one attached hydrogen (secondary N) is 1. The first-order chi connectivity index (χ1) is 8.29. The lowest BCUT2D eigenvalue weighted by Crippen LogP contribution is -2.22. The second-order valence-electron chi connectivity index (χ2n) is 4.68. The van der Waals surface area contributed by atoms with Crippen molar-refractivity contribution in [3.63, 3.8) is 0 Å². The first-order valence-corrected chi connectivity index (χ1v) is 7.83. The first kappa shape index (κ1) is 13.3. The van der Waals surface area contributed by atoms with Gasteiger partial charge in [-0.2, -0.15) is 11.8 Å². The highest BCUT2D eigenvalue weighted by atomic mass is 35.5. The van der Waals surface area contributed by atoms with E-state index in [1.54, 1.807) is 0 Å². The van der Waals surface area contributed by atoms with E-state index in [0.29, 0.717) is 6.04 Å². The second kappa shape index (κ2) is 6.67. The maximum atomic E-state index is 5.93. The standard InChI is InChI=1S/C14H20ClNS/c1-16-14(10-11-6-8-17-9-7-11)12-2-4-13(15)5-3-12/h2-5,11,14,16H,6-10H2,1H3. The van der Waals surface area contributed by atoms with Crippen LogP contribution < -0.4 is 5.32 Å². The molecule has 1 N–H and O–H groups in total. The number of hydrogen-bond acceptors (Lipinski definition) is 2. The molecule has 1 nitrogen and oxygen atoms in total. The summed E-state index contributed by atoms with van der Waals surface area (Å²) in [4.78, 5) is 0. The van der Waals surface area contributed by atoms with Gasteiger partial charge < -0.3 is 5.32 Å². The van der Waals surface area contributed by atoms with E-state index in [2.05, 4.69) is 36.3 Å². The molecule has 1 unspecified atom stereocenters. The fourth-order valence-electron chi connectivity index (χ4n) is 2.43. The summed E-state index contributed by atoms with van der Waals surface area (Å²) in [6.07, 6.45) is 3.99. The minimum Gasteiger partial charge on any atom is -0.313 e. The molecular weight excluding hydrogens is 250 g/mol. The largest absolute Gasteiger partial charge is 0.313 e. The molecule has 0 saturated carbocycles. The van der Waals surface area contributed by atoms with Gasteiger partial charge in [0, 0.05) is 11.1 Å². The molecule has 0 aliphatic carbocycles. The number of rotatable bonds is 4. The molecule has 17 heavy (non-hydrogen) atoms. The van der Waals surface area contributed by atoms with Crippen molar-refractivity contribution in [3.8, 4) is 0 Å². The van der Waals surface area contributed by atoms with Gasteiger partial charge in [-0.15, -0.1) is 0 Å². The number of hydrogen-bond donors (Lipinski definition) is 1. The molecule has 94 valence electrons. The molecule has 1 saturated heterocycles. The van der Waals surface area contributed by atoms with Crippen molar-refractivity contribution in [2.24, 2.45) is 5.92 Å². The van der Waals surface area contributed by atoms with Gasteiger partial charge in [0.05, 0.1) is 0 Å². The zero-order valence-electron chi connectivity index (χ0n) is 10.3. The van der Waals surface area contributed by atoms with Gasteiger partial charge in [0.2, 0.25) is 0 Å². The number of halogens is 1. The van der Waals surface area contributed by atoms with Crippen molar-refractivity contribution in [2.75, 3.05) is 18.6 Å². The summed E-state index contributed by atoms with van der Waals surface area (Å²) < 4.78 is 0. The van der Waals surface area contributed by atoms with Crippen LogP contribution in [0.15, 0.2) is 24.3 Å². The lowest BCUT2D eigenvalue weighted by atomic mass is 9.91. The molecule has 1 aliphatic rings. The summed E-state index contributed by atoms with van der Waals surface area (Å²) in [6.45, 7) is 0. The van der Waals surface area contributed by atoms with Crippen molar-refractivity contribution < 1.29 is 0 Å². The molecule has 0 radical (unpaired) electrons. The Bertz CT molecular complexity index is 333. The van der Waals surface area contributed by atoms with E-state index >= 15 is 0 Å². The SMILES string of the molecule is CNC(CC1CCSCC1)c1ccc(Cl)cc1. The number of benzene rings is 1. The summed E-state index contributed by atoms with van der Waals surface area (Å²) in [5.41, 5.74) is 1.36. The molecule has 0 spiro atoms. The maximum absolute atomic E-state index is 5.93. The van der Waals surface area contributed by atoms with E-state index in [1.165, 1.54) is 36.3 Å². The summed E-state index contributed by atoms with van der Waals surface area (Å²) in [5, 5.41) is 4.25. The highest BCUT2D eigenvalue weighted by Crippen LogP contribution is 2.31. The normalized spacial score (nSPS) is 19.2. The van der Waals surface area contributed by atoms with Crippen LogP contribution in [0.5, 0.6) is 0 Å². The molecule has 3 heteroatoms. The van der Waals surface area contributed by atoms with Crippen LogP contribution in [0.3, 0.4) is 0 Å². The lowest BCUT2D eigenvalue weighted by Gasteiger charge is -2.26. The number of thioether (sulfide) groups is 1. The molecule has 1 heterocycles. The summed E-state index contributed by atoms with van der Waals surface area (Å²) in [5.74, 6) is 3.55. The zero-order chi connectivity index (χ0) is 12.1. The van der Waals surface area contributed by atoms with Gasteiger partial charge in [0.1, 0.15) is 0 Å². The molecule has 1 fully saturated rings. The minimum absolute atomic E-state index is 0.473. The predicted octanol–water partition coefficient (Wildman–Crippen LogP) is 4.13. The lowest BCUT2D eigenvalue weighted by molar-refractivity contribution is 0.384. The van der Waals surface area contributed by atoms with Gasteiger partial charge in [-0.3, -0.25) is 0 Å². The molecule has 0 aromatic heterocycles. The third-order valence-electron chi connectivity index (χ3n) is 3.53. The van der Waals surface area contributed by atoms with Gasteiger partial charge in [0.15, 0.2) is 0 Å². The molecule has 1 aromatic carbocycles. The van der Waals surface area contributed by atoms with E-state index in [9.17, 15) is 0 Å². The van der Waals surface area contributed by atoms with Crippen LogP contribution in [0.1, 0.15) is 30.9 Å². The summed E-state index contributed by atoms with van der Waals surface area (Å²) in [7, 11) is 2.05. The van der Waals surface area contributed by atoms with E-state index in [-0.39, 0.29) is 0 Å².